The van der Waals surface area contributed by atoms with Crippen LogP contribution in [0.2, 0.25) is 0 Å². The molecule has 1 fully saturated rings. The number of amides is 1. The van der Waals surface area contributed by atoms with Crippen molar-refractivity contribution in [1.29, 1.82) is 0 Å². The summed E-state index contributed by atoms with van der Waals surface area (Å²) >= 11 is 0. The Balaban J connectivity index is 1.72. The maximum atomic E-state index is 12.6. The van der Waals surface area contributed by atoms with Gasteiger partial charge in [0.05, 0.1) is 0 Å². The summed E-state index contributed by atoms with van der Waals surface area (Å²) < 4.78 is 0. The third-order valence-electron chi connectivity index (χ3n) is 4.99. The molecule has 5 nitrogen and oxygen atoms in total. The Morgan fingerprint density at radius 3 is 2.54 bits per heavy atom. The van der Waals surface area contributed by atoms with Gasteiger partial charge in [-0.15, -0.1) is 0 Å². The molecular weight excluding hydrogens is 304 g/mol. The zero-order valence-corrected chi connectivity index (χ0v) is 13.1. The van der Waals surface area contributed by atoms with Gasteiger partial charge in [0.15, 0.2) is 0 Å². The van der Waals surface area contributed by atoms with Gasteiger partial charge in [-0.25, -0.2) is 4.79 Å². The van der Waals surface area contributed by atoms with E-state index >= 15 is 0 Å². The van der Waals surface area contributed by atoms with E-state index in [1.165, 1.54) is 0 Å². The summed E-state index contributed by atoms with van der Waals surface area (Å²) in [5.74, 6) is -1.31. The molecule has 1 aliphatic rings. The van der Waals surface area contributed by atoms with Crippen molar-refractivity contribution in [2.45, 2.75) is 31.2 Å². The van der Waals surface area contributed by atoms with Crippen LogP contribution < -0.4 is 5.32 Å². The van der Waals surface area contributed by atoms with Crippen molar-refractivity contribution in [1.82, 2.24) is 10.3 Å². The average molecular weight is 322 g/mol. The van der Waals surface area contributed by atoms with Crippen LogP contribution in [-0.4, -0.2) is 27.5 Å². The van der Waals surface area contributed by atoms with Gasteiger partial charge in [0, 0.05) is 10.9 Å². The van der Waals surface area contributed by atoms with Crippen LogP contribution in [0.25, 0.3) is 21.7 Å². The van der Waals surface area contributed by atoms with Crippen LogP contribution in [0, 0.1) is 0 Å². The van der Waals surface area contributed by atoms with Crippen LogP contribution in [0.15, 0.2) is 42.5 Å². The number of carbonyl (C=O) groups excluding carboxylic acids is 1. The first kappa shape index (κ1) is 14.8. The zero-order valence-electron chi connectivity index (χ0n) is 13.1. The Bertz CT molecular complexity index is 952. The molecule has 0 radical (unpaired) electrons. The molecule has 1 aliphatic carbocycles. The minimum Gasteiger partial charge on any atom is -0.480 e. The number of H-pyrrole nitrogens is 1. The minimum absolute atomic E-state index is 0.361. The highest BCUT2D eigenvalue weighted by Crippen LogP contribution is 2.31. The molecule has 5 heteroatoms. The number of rotatable bonds is 3. The van der Waals surface area contributed by atoms with Crippen molar-refractivity contribution in [2.24, 2.45) is 0 Å². The lowest BCUT2D eigenvalue weighted by Gasteiger charge is -2.24. The summed E-state index contributed by atoms with van der Waals surface area (Å²) in [4.78, 5) is 27.3. The molecule has 0 unspecified atom stereocenters. The number of hydrogen-bond donors (Lipinski definition) is 3. The molecule has 24 heavy (non-hydrogen) atoms. The highest BCUT2D eigenvalue weighted by molar-refractivity contribution is 6.10. The van der Waals surface area contributed by atoms with Gasteiger partial charge < -0.3 is 15.4 Å². The van der Waals surface area contributed by atoms with Gasteiger partial charge in [-0.2, -0.15) is 0 Å². The molecule has 122 valence electrons. The van der Waals surface area contributed by atoms with Crippen molar-refractivity contribution >= 4 is 33.6 Å². The number of aromatic nitrogens is 1. The summed E-state index contributed by atoms with van der Waals surface area (Å²) in [6.07, 6.45) is 2.61. The molecular formula is C19H18N2O3. The lowest BCUT2D eigenvalue weighted by molar-refractivity contribution is -0.144. The lowest BCUT2D eigenvalue weighted by atomic mass is 9.97. The molecule has 0 aliphatic heterocycles. The van der Waals surface area contributed by atoms with Crippen molar-refractivity contribution in [3.63, 3.8) is 0 Å². The fourth-order valence-corrected chi connectivity index (χ4v) is 3.66. The van der Waals surface area contributed by atoms with Gasteiger partial charge >= 0.3 is 5.97 Å². The van der Waals surface area contributed by atoms with Crippen molar-refractivity contribution in [2.75, 3.05) is 0 Å². The van der Waals surface area contributed by atoms with Crippen molar-refractivity contribution in [3.05, 3.63) is 48.2 Å². The zero-order chi connectivity index (χ0) is 16.7. The lowest BCUT2D eigenvalue weighted by Crippen LogP contribution is -2.52. The first-order chi connectivity index (χ1) is 11.6. The van der Waals surface area contributed by atoms with Crippen LogP contribution in [0.1, 0.15) is 36.2 Å². The van der Waals surface area contributed by atoms with Crippen molar-refractivity contribution < 1.29 is 14.7 Å². The Labute approximate surface area is 138 Å². The fraction of sp³-hybridized carbons (Fsp3) is 0.263. The number of carboxylic acids is 1. The number of aromatic amines is 1. The highest BCUT2D eigenvalue weighted by atomic mass is 16.4. The Morgan fingerprint density at radius 2 is 1.79 bits per heavy atom. The van der Waals surface area contributed by atoms with Crippen LogP contribution in [0.3, 0.4) is 0 Å². The van der Waals surface area contributed by atoms with E-state index in [2.05, 4.69) is 10.3 Å². The molecule has 0 atom stereocenters. The van der Waals surface area contributed by atoms with Gasteiger partial charge in [0.2, 0.25) is 0 Å². The fourth-order valence-electron chi connectivity index (χ4n) is 3.66. The molecule has 3 aromatic rings. The van der Waals surface area contributed by atoms with E-state index in [0.717, 1.165) is 34.5 Å². The van der Waals surface area contributed by atoms with Gasteiger partial charge in [-0.1, -0.05) is 43.2 Å². The van der Waals surface area contributed by atoms with Gasteiger partial charge in [0.25, 0.3) is 5.91 Å². The molecule has 4 rings (SSSR count). The summed E-state index contributed by atoms with van der Waals surface area (Å²) in [7, 11) is 0. The summed E-state index contributed by atoms with van der Waals surface area (Å²) in [5.41, 5.74) is 0.139. The Morgan fingerprint density at radius 1 is 1.04 bits per heavy atom. The number of hydrogen-bond acceptors (Lipinski definition) is 2. The van der Waals surface area contributed by atoms with E-state index in [9.17, 15) is 14.7 Å². The number of fused-ring (bicyclic) bond motifs is 3. The maximum Gasteiger partial charge on any atom is 0.329 e. The maximum absolute atomic E-state index is 12.6. The quantitative estimate of drug-likeness (QED) is 0.691. The molecule has 2 aromatic carbocycles. The summed E-state index contributed by atoms with van der Waals surface area (Å²) in [6.45, 7) is 0. The molecule has 0 bridgehead atoms. The largest absolute Gasteiger partial charge is 0.480 e. The molecule has 1 amide bonds. The normalized spacial score (nSPS) is 16.5. The second kappa shape index (κ2) is 5.37. The van der Waals surface area contributed by atoms with E-state index in [1.807, 2.05) is 36.4 Å². The van der Waals surface area contributed by atoms with Crippen LogP contribution in [0.4, 0.5) is 0 Å². The van der Waals surface area contributed by atoms with Gasteiger partial charge in [-0.05, 0) is 35.7 Å². The van der Waals surface area contributed by atoms with Gasteiger partial charge in [-0.3, -0.25) is 4.79 Å². The monoisotopic (exact) mass is 322 g/mol. The number of benzene rings is 2. The average Bonchev–Trinajstić information content (AvgIpc) is 3.22. The predicted octanol–water partition coefficient (Wildman–Crippen LogP) is 3.45. The molecule has 1 aromatic heterocycles. The highest BCUT2D eigenvalue weighted by Gasteiger charge is 2.42. The molecule has 0 saturated heterocycles. The van der Waals surface area contributed by atoms with Crippen LogP contribution >= 0.6 is 0 Å². The second-order valence-corrected chi connectivity index (χ2v) is 6.48. The SMILES string of the molecule is O=C(NC1(C(=O)O)CCCC1)c1cc2c(ccc3ccccc32)[nH]1. The van der Waals surface area contributed by atoms with E-state index in [4.69, 9.17) is 0 Å². The topological polar surface area (TPSA) is 82.2 Å². The van der Waals surface area contributed by atoms with E-state index in [1.54, 1.807) is 6.07 Å². The Hall–Kier alpha value is -2.82. The molecule has 0 spiro atoms. The predicted molar refractivity (Wildman–Crippen MR) is 92.1 cm³/mol. The van der Waals surface area contributed by atoms with Gasteiger partial charge in [0.1, 0.15) is 11.2 Å². The van der Waals surface area contributed by atoms with E-state index < -0.39 is 11.5 Å². The third kappa shape index (κ3) is 2.24. The van der Waals surface area contributed by atoms with Crippen LogP contribution in [-0.2, 0) is 4.79 Å². The minimum atomic E-state index is -1.13. The smallest absolute Gasteiger partial charge is 0.329 e. The molecule has 3 N–H and O–H groups in total. The number of carboxylic acid groups (broad SMARTS) is 1. The molecule has 1 heterocycles. The standard InChI is InChI=1S/C19H18N2O3/c22-17(21-19(18(23)24)9-3-4-10-19)16-11-14-13-6-2-1-5-12(13)7-8-15(14)20-16/h1-2,5-8,11,20H,3-4,9-10H2,(H,21,22)(H,23,24). The number of nitrogens with one attached hydrogen (secondary N) is 2. The van der Waals surface area contributed by atoms with E-state index in [0.29, 0.717) is 18.5 Å². The summed E-state index contributed by atoms with van der Waals surface area (Å²) in [6, 6.07) is 13.7. The van der Waals surface area contributed by atoms with Crippen LogP contribution in [0.5, 0.6) is 0 Å². The first-order valence-corrected chi connectivity index (χ1v) is 8.15. The number of aliphatic carboxylic acids is 1. The molecule has 1 saturated carbocycles. The second-order valence-electron chi connectivity index (χ2n) is 6.48. The summed E-state index contributed by atoms with van der Waals surface area (Å²) in [5, 5.41) is 15.4. The number of carbonyl (C=O) groups is 2. The first-order valence-electron chi connectivity index (χ1n) is 8.15. The van der Waals surface area contributed by atoms with E-state index in [-0.39, 0.29) is 5.91 Å². The third-order valence-corrected chi connectivity index (χ3v) is 4.99. The Kier molecular flexibility index (Phi) is 3.30. The van der Waals surface area contributed by atoms with Crippen molar-refractivity contribution in [3.8, 4) is 0 Å².